The van der Waals surface area contributed by atoms with Gasteiger partial charge in [0.05, 0.1) is 24.7 Å². The van der Waals surface area contributed by atoms with Crippen LogP contribution in [-0.4, -0.2) is 60.8 Å². The number of nitrogens with zero attached hydrogens (tertiary/aromatic N) is 8. The number of hydrogen-bond acceptors (Lipinski definition) is 6. The van der Waals surface area contributed by atoms with Gasteiger partial charge in [-0.1, -0.05) is 0 Å². The molecule has 9 nitrogen and oxygen atoms in total. The Kier molecular flexibility index (Phi) is 3.63. The Morgan fingerprint density at radius 2 is 2.20 bits per heavy atom. The molecule has 130 valence electrons. The zero-order valence-electron chi connectivity index (χ0n) is 14.5. The molecule has 0 spiro atoms. The number of aryl methyl sites for hydroxylation is 1. The van der Waals surface area contributed by atoms with Crippen molar-refractivity contribution in [2.45, 2.75) is 25.9 Å². The Morgan fingerprint density at radius 3 is 3.00 bits per heavy atom. The molecule has 0 bridgehead atoms. The highest BCUT2D eigenvalue weighted by atomic mass is 16.2. The van der Waals surface area contributed by atoms with E-state index in [1.165, 1.54) is 6.33 Å². The fourth-order valence-corrected chi connectivity index (χ4v) is 3.23. The molecule has 0 saturated carbocycles. The van der Waals surface area contributed by atoms with Crippen molar-refractivity contribution in [1.29, 1.82) is 0 Å². The number of rotatable bonds is 3. The standard InChI is InChI=1S/C16H20N8O/c1-11-6-14(24-16(20-11)17-10-19-24)22-8-12-4-5-18-23(12)13(9-22)7-15(25)21(2)3/h4-6,10,13H,7-9H2,1-3H3. The van der Waals surface area contributed by atoms with Gasteiger partial charge in [-0.05, 0) is 13.0 Å². The molecule has 1 aliphatic heterocycles. The second kappa shape index (κ2) is 5.83. The first-order valence-corrected chi connectivity index (χ1v) is 8.18. The van der Waals surface area contributed by atoms with E-state index in [2.05, 4.69) is 25.1 Å². The van der Waals surface area contributed by atoms with E-state index >= 15 is 0 Å². The van der Waals surface area contributed by atoms with Crippen LogP contribution in [0.25, 0.3) is 5.78 Å². The molecule has 9 heteroatoms. The summed E-state index contributed by atoms with van der Waals surface area (Å²) in [7, 11) is 3.55. The van der Waals surface area contributed by atoms with Crippen molar-refractivity contribution in [3.05, 3.63) is 36.0 Å². The number of fused-ring (bicyclic) bond motifs is 2. The van der Waals surface area contributed by atoms with E-state index in [9.17, 15) is 4.79 Å². The van der Waals surface area contributed by atoms with Gasteiger partial charge in [0.1, 0.15) is 12.1 Å². The third kappa shape index (κ3) is 2.71. The van der Waals surface area contributed by atoms with Crippen LogP contribution in [-0.2, 0) is 11.3 Å². The van der Waals surface area contributed by atoms with Gasteiger partial charge in [-0.15, -0.1) is 0 Å². The summed E-state index contributed by atoms with van der Waals surface area (Å²) < 4.78 is 3.70. The average molecular weight is 340 g/mol. The van der Waals surface area contributed by atoms with Gasteiger partial charge in [-0.3, -0.25) is 9.48 Å². The van der Waals surface area contributed by atoms with E-state index in [4.69, 9.17) is 0 Å². The first-order chi connectivity index (χ1) is 12.0. The van der Waals surface area contributed by atoms with Gasteiger partial charge in [0, 0.05) is 38.6 Å². The van der Waals surface area contributed by atoms with E-state index in [-0.39, 0.29) is 11.9 Å². The van der Waals surface area contributed by atoms with Crippen LogP contribution in [0.3, 0.4) is 0 Å². The molecule has 0 aromatic carbocycles. The van der Waals surface area contributed by atoms with Crippen molar-refractivity contribution in [2.75, 3.05) is 25.5 Å². The summed E-state index contributed by atoms with van der Waals surface area (Å²) >= 11 is 0. The predicted molar refractivity (Wildman–Crippen MR) is 91.1 cm³/mol. The maximum absolute atomic E-state index is 12.2. The first-order valence-electron chi connectivity index (χ1n) is 8.18. The first kappa shape index (κ1) is 15.6. The molecule has 0 N–H and O–H groups in total. The third-order valence-electron chi connectivity index (χ3n) is 4.48. The van der Waals surface area contributed by atoms with Crippen LogP contribution in [0.5, 0.6) is 0 Å². The smallest absolute Gasteiger partial charge is 0.254 e. The molecule has 1 aliphatic rings. The second-order valence-corrected chi connectivity index (χ2v) is 6.52. The Balaban J connectivity index is 1.72. The number of anilines is 1. The summed E-state index contributed by atoms with van der Waals surface area (Å²) in [5, 5.41) is 8.72. The molecule has 0 aliphatic carbocycles. The maximum atomic E-state index is 12.2. The predicted octanol–water partition coefficient (Wildman–Crippen LogP) is 0.669. The van der Waals surface area contributed by atoms with Crippen LogP contribution in [0.2, 0.25) is 0 Å². The van der Waals surface area contributed by atoms with Crippen LogP contribution in [0.1, 0.15) is 23.9 Å². The summed E-state index contributed by atoms with van der Waals surface area (Å²) in [6.45, 7) is 3.32. The minimum Gasteiger partial charge on any atom is -0.349 e. The molecule has 1 unspecified atom stereocenters. The van der Waals surface area contributed by atoms with Crippen LogP contribution in [0.4, 0.5) is 5.82 Å². The zero-order valence-corrected chi connectivity index (χ0v) is 14.5. The molecule has 1 atom stereocenters. The van der Waals surface area contributed by atoms with Gasteiger partial charge >= 0.3 is 0 Å². The fraction of sp³-hybridized carbons (Fsp3) is 0.438. The van der Waals surface area contributed by atoms with Crippen LogP contribution in [0.15, 0.2) is 24.7 Å². The topological polar surface area (TPSA) is 84.5 Å². The van der Waals surface area contributed by atoms with Gasteiger partial charge in [-0.2, -0.15) is 19.7 Å². The number of hydrogen-bond donors (Lipinski definition) is 0. The Labute approximate surface area is 144 Å². The molecule has 0 fully saturated rings. The van der Waals surface area contributed by atoms with Crippen LogP contribution < -0.4 is 4.90 Å². The lowest BCUT2D eigenvalue weighted by atomic mass is 10.1. The van der Waals surface area contributed by atoms with Crippen molar-refractivity contribution in [3.63, 3.8) is 0 Å². The van der Waals surface area contributed by atoms with Crippen LogP contribution >= 0.6 is 0 Å². The van der Waals surface area contributed by atoms with Crippen molar-refractivity contribution in [1.82, 2.24) is 34.3 Å². The molecule has 4 rings (SSSR count). The maximum Gasteiger partial charge on any atom is 0.254 e. The molecule has 25 heavy (non-hydrogen) atoms. The lowest BCUT2D eigenvalue weighted by molar-refractivity contribution is -0.129. The molecule has 0 radical (unpaired) electrons. The highest BCUT2D eigenvalue weighted by molar-refractivity contribution is 5.76. The minimum atomic E-state index is -0.0271. The average Bonchev–Trinajstić information content (AvgIpc) is 3.22. The minimum absolute atomic E-state index is 0.0271. The molecule has 4 heterocycles. The molecule has 3 aromatic rings. The van der Waals surface area contributed by atoms with Crippen molar-refractivity contribution >= 4 is 17.5 Å². The number of carbonyl (C=O) groups is 1. The van der Waals surface area contributed by atoms with Crippen LogP contribution in [0, 0.1) is 6.92 Å². The summed E-state index contributed by atoms with van der Waals surface area (Å²) in [6.07, 6.45) is 3.70. The summed E-state index contributed by atoms with van der Waals surface area (Å²) in [6, 6.07) is 3.96. The SMILES string of the molecule is Cc1cc(N2Cc3ccnn3C(CC(=O)N(C)C)C2)n2ncnc2n1. The fourth-order valence-electron chi connectivity index (χ4n) is 3.23. The van der Waals surface area contributed by atoms with Gasteiger partial charge < -0.3 is 9.80 Å². The molecule has 0 saturated heterocycles. The Bertz CT molecular complexity index is 927. The molecule has 1 amide bonds. The monoisotopic (exact) mass is 340 g/mol. The largest absolute Gasteiger partial charge is 0.349 e. The molecule has 3 aromatic heterocycles. The molecular formula is C16H20N8O. The highest BCUT2D eigenvalue weighted by Gasteiger charge is 2.29. The lowest BCUT2D eigenvalue weighted by Gasteiger charge is -2.35. The van der Waals surface area contributed by atoms with Crippen molar-refractivity contribution in [2.24, 2.45) is 0 Å². The highest BCUT2D eigenvalue weighted by Crippen LogP contribution is 2.28. The third-order valence-corrected chi connectivity index (χ3v) is 4.48. The van der Waals surface area contributed by atoms with Crippen molar-refractivity contribution in [3.8, 4) is 0 Å². The Morgan fingerprint density at radius 1 is 1.36 bits per heavy atom. The van der Waals surface area contributed by atoms with Gasteiger partial charge in [0.15, 0.2) is 0 Å². The zero-order chi connectivity index (χ0) is 17.6. The number of aromatic nitrogens is 6. The van der Waals surface area contributed by atoms with Gasteiger partial charge in [-0.25, -0.2) is 4.98 Å². The second-order valence-electron chi connectivity index (χ2n) is 6.52. The van der Waals surface area contributed by atoms with E-state index in [1.807, 2.05) is 23.7 Å². The lowest BCUT2D eigenvalue weighted by Crippen LogP contribution is -2.40. The van der Waals surface area contributed by atoms with E-state index in [0.717, 1.165) is 17.2 Å². The number of carbonyl (C=O) groups excluding carboxylic acids is 1. The summed E-state index contributed by atoms with van der Waals surface area (Å²) in [4.78, 5) is 24.7. The van der Waals surface area contributed by atoms with Gasteiger partial charge in [0.2, 0.25) is 5.91 Å². The van der Waals surface area contributed by atoms with E-state index < -0.39 is 0 Å². The summed E-state index contributed by atoms with van der Waals surface area (Å²) in [5.74, 6) is 1.59. The van der Waals surface area contributed by atoms with Crippen molar-refractivity contribution < 1.29 is 4.79 Å². The molecular weight excluding hydrogens is 320 g/mol. The van der Waals surface area contributed by atoms with Gasteiger partial charge in [0.25, 0.3) is 5.78 Å². The quantitative estimate of drug-likeness (QED) is 0.697. The summed E-state index contributed by atoms with van der Waals surface area (Å²) in [5.41, 5.74) is 1.96. The number of amides is 1. The van der Waals surface area contributed by atoms with E-state index in [1.54, 1.807) is 29.7 Å². The van der Waals surface area contributed by atoms with E-state index in [0.29, 0.717) is 25.3 Å². The Hall–Kier alpha value is -2.97. The normalized spacial score (nSPS) is 16.9.